The van der Waals surface area contributed by atoms with Gasteiger partial charge in [-0.3, -0.25) is 0 Å². The van der Waals surface area contributed by atoms with Crippen LogP contribution in [-0.2, 0) is 12.8 Å². The number of aryl methyl sites for hydroxylation is 2. The SMILES string of the molecule is CCCC1CC[Si](c2ccc(-c3ccc(CCc4ccc(C#N)cc4)cc3)c(F)c2)CC1. The summed E-state index contributed by atoms with van der Waals surface area (Å²) in [7, 11) is -0.598. The molecule has 1 heterocycles. The summed E-state index contributed by atoms with van der Waals surface area (Å²) in [5.41, 5.74) is 4.80. The number of halogens is 1. The first-order valence-corrected chi connectivity index (χ1v) is 13.8. The van der Waals surface area contributed by atoms with Gasteiger partial charge in [-0.05, 0) is 53.6 Å². The molecule has 1 aliphatic heterocycles. The minimum Gasteiger partial charge on any atom is -0.206 e. The van der Waals surface area contributed by atoms with Crippen molar-refractivity contribution >= 4 is 14.0 Å². The second-order valence-corrected chi connectivity index (χ2v) is 11.8. The fourth-order valence-corrected chi connectivity index (χ4v) is 7.86. The summed E-state index contributed by atoms with van der Waals surface area (Å²) in [5, 5.41) is 10.2. The molecule has 3 heteroatoms. The molecule has 32 heavy (non-hydrogen) atoms. The molecule has 0 amide bonds. The Bertz CT molecular complexity index is 1060. The van der Waals surface area contributed by atoms with Gasteiger partial charge in [-0.1, -0.05) is 98.4 Å². The normalized spacial score (nSPS) is 14.9. The molecule has 0 atom stereocenters. The zero-order chi connectivity index (χ0) is 22.3. The van der Waals surface area contributed by atoms with Gasteiger partial charge >= 0.3 is 0 Å². The molecule has 3 aromatic rings. The van der Waals surface area contributed by atoms with E-state index in [1.165, 1.54) is 54.1 Å². The molecule has 1 radical (unpaired) electrons. The molecule has 3 aromatic carbocycles. The standard InChI is InChI=1S/C29H31FNSi/c1-2-3-22-16-18-32(19-17-22)27-14-15-28(29(30)20-27)26-12-10-24(11-13-26)5-4-23-6-8-25(21-31)9-7-23/h6-15,20,22H,2-5,16-19H2,1H3. The van der Waals surface area contributed by atoms with Crippen molar-refractivity contribution in [2.24, 2.45) is 5.92 Å². The Morgan fingerprint density at radius 3 is 2.09 bits per heavy atom. The van der Waals surface area contributed by atoms with Gasteiger partial charge in [0.05, 0.1) is 20.4 Å². The van der Waals surface area contributed by atoms with Crippen molar-refractivity contribution in [1.82, 2.24) is 0 Å². The number of rotatable bonds is 7. The highest BCUT2D eigenvalue weighted by atomic mass is 28.3. The van der Waals surface area contributed by atoms with Crippen molar-refractivity contribution in [1.29, 1.82) is 5.26 Å². The third kappa shape index (κ3) is 5.55. The van der Waals surface area contributed by atoms with Crippen LogP contribution in [0.25, 0.3) is 11.1 Å². The summed E-state index contributed by atoms with van der Waals surface area (Å²) in [5.74, 6) is 0.814. The van der Waals surface area contributed by atoms with Gasteiger partial charge in [-0.25, -0.2) is 4.39 Å². The zero-order valence-corrected chi connectivity index (χ0v) is 19.9. The zero-order valence-electron chi connectivity index (χ0n) is 18.9. The number of hydrogen-bond donors (Lipinski definition) is 0. The van der Waals surface area contributed by atoms with E-state index < -0.39 is 8.80 Å². The van der Waals surface area contributed by atoms with Crippen LogP contribution in [0.4, 0.5) is 4.39 Å². The van der Waals surface area contributed by atoms with E-state index in [0.717, 1.165) is 24.3 Å². The molecule has 0 aliphatic carbocycles. The summed E-state index contributed by atoms with van der Waals surface area (Å²) in [6, 6.07) is 26.8. The molecule has 163 valence electrons. The first-order chi connectivity index (χ1) is 15.7. The summed E-state index contributed by atoms with van der Waals surface area (Å²) in [6.07, 6.45) is 7.15. The third-order valence-corrected chi connectivity index (χ3v) is 9.75. The van der Waals surface area contributed by atoms with Crippen LogP contribution >= 0.6 is 0 Å². The third-order valence-electron chi connectivity index (χ3n) is 6.83. The Morgan fingerprint density at radius 2 is 1.53 bits per heavy atom. The van der Waals surface area contributed by atoms with Crippen LogP contribution in [-0.4, -0.2) is 8.80 Å². The molecule has 0 unspecified atom stereocenters. The highest BCUT2D eigenvalue weighted by molar-refractivity contribution is 6.73. The molecular weight excluding hydrogens is 409 g/mol. The number of nitrogens with zero attached hydrogens (tertiary/aromatic N) is 1. The lowest BCUT2D eigenvalue weighted by Crippen LogP contribution is -2.34. The van der Waals surface area contributed by atoms with E-state index in [-0.39, 0.29) is 5.82 Å². The fraction of sp³-hybridized carbons (Fsp3) is 0.345. The number of hydrogen-bond acceptors (Lipinski definition) is 1. The predicted octanol–water partition coefficient (Wildman–Crippen LogP) is 7.06. The Labute approximate surface area is 193 Å². The first kappa shape index (κ1) is 22.5. The fourth-order valence-electron chi connectivity index (χ4n) is 4.87. The molecular formula is C29H31FNSi. The minimum absolute atomic E-state index is 0.0824. The molecule has 0 bridgehead atoms. The lowest BCUT2D eigenvalue weighted by molar-refractivity contribution is 0.434. The highest BCUT2D eigenvalue weighted by Crippen LogP contribution is 2.29. The minimum atomic E-state index is -0.598. The second kappa shape index (κ2) is 10.7. The van der Waals surface area contributed by atoms with Gasteiger partial charge < -0.3 is 0 Å². The molecule has 0 saturated carbocycles. The summed E-state index contributed by atoms with van der Waals surface area (Å²) in [4.78, 5) is 0. The molecule has 1 aliphatic rings. The molecule has 0 N–H and O–H groups in total. The summed E-state index contributed by atoms with van der Waals surface area (Å²) >= 11 is 0. The first-order valence-electron chi connectivity index (χ1n) is 11.9. The highest BCUT2D eigenvalue weighted by Gasteiger charge is 2.24. The van der Waals surface area contributed by atoms with Crippen molar-refractivity contribution in [3.8, 4) is 17.2 Å². The van der Waals surface area contributed by atoms with Crippen LogP contribution in [0.3, 0.4) is 0 Å². The van der Waals surface area contributed by atoms with Gasteiger partial charge in [0.2, 0.25) is 0 Å². The van der Waals surface area contributed by atoms with Crippen LogP contribution in [0.5, 0.6) is 0 Å². The lowest BCUT2D eigenvalue weighted by Gasteiger charge is -2.27. The van der Waals surface area contributed by atoms with E-state index >= 15 is 4.39 Å². The molecule has 0 spiro atoms. The van der Waals surface area contributed by atoms with E-state index in [0.29, 0.717) is 11.1 Å². The maximum atomic E-state index is 15.0. The van der Waals surface area contributed by atoms with E-state index in [1.54, 1.807) is 0 Å². The largest absolute Gasteiger partial charge is 0.206 e. The Hall–Kier alpha value is -2.70. The predicted molar refractivity (Wildman–Crippen MR) is 133 cm³/mol. The van der Waals surface area contributed by atoms with Gasteiger partial charge in [0.15, 0.2) is 0 Å². The maximum absolute atomic E-state index is 15.0. The van der Waals surface area contributed by atoms with Gasteiger partial charge in [-0.2, -0.15) is 5.26 Å². The number of benzene rings is 3. The van der Waals surface area contributed by atoms with Crippen LogP contribution in [0.2, 0.25) is 12.1 Å². The van der Waals surface area contributed by atoms with Crippen LogP contribution in [0.15, 0.2) is 66.7 Å². The van der Waals surface area contributed by atoms with E-state index in [9.17, 15) is 0 Å². The van der Waals surface area contributed by atoms with E-state index in [2.05, 4.69) is 31.2 Å². The quantitative estimate of drug-likeness (QED) is 0.361. The lowest BCUT2D eigenvalue weighted by atomic mass is 9.97. The Balaban J connectivity index is 1.37. The molecule has 0 aromatic heterocycles. The molecule has 1 saturated heterocycles. The summed E-state index contributed by atoms with van der Waals surface area (Å²) < 4.78 is 15.0. The number of nitriles is 1. The second-order valence-electron chi connectivity index (χ2n) is 9.04. The monoisotopic (exact) mass is 440 g/mol. The van der Waals surface area contributed by atoms with Gasteiger partial charge in [0.25, 0.3) is 0 Å². The van der Waals surface area contributed by atoms with E-state index in [4.69, 9.17) is 5.26 Å². The van der Waals surface area contributed by atoms with Gasteiger partial charge in [-0.15, -0.1) is 0 Å². The van der Waals surface area contributed by atoms with Crippen molar-refractivity contribution < 1.29 is 4.39 Å². The average molecular weight is 441 g/mol. The molecule has 1 fully saturated rings. The summed E-state index contributed by atoms with van der Waals surface area (Å²) in [6.45, 7) is 2.27. The topological polar surface area (TPSA) is 23.8 Å². The average Bonchev–Trinajstić information content (AvgIpc) is 2.84. The smallest absolute Gasteiger partial charge is 0.130 e. The van der Waals surface area contributed by atoms with Crippen molar-refractivity contribution in [2.45, 2.75) is 57.5 Å². The van der Waals surface area contributed by atoms with Gasteiger partial charge in [0, 0.05) is 5.56 Å². The van der Waals surface area contributed by atoms with Crippen LogP contribution in [0.1, 0.15) is 49.3 Å². The Kier molecular flexibility index (Phi) is 7.55. The van der Waals surface area contributed by atoms with Crippen molar-refractivity contribution in [2.75, 3.05) is 0 Å². The van der Waals surface area contributed by atoms with Crippen LogP contribution < -0.4 is 5.19 Å². The van der Waals surface area contributed by atoms with Gasteiger partial charge in [0.1, 0.15) is 5.82 Å². The molecule has 4 rings (SSSR count). The van der Waals surface area contributed by atoms with E-state index in [1.807, 2.05) is 48.5 Å². The Morgan fingerprint density at radius 1 is 0.906 bits per heavy atom. The van der Waals surface area contributed by atoms with Crippen molar-refractivity contribution in [3.05, 3.63) is 89.2 Å². The molecule has 1 nitrogen and oxygen atoms in total. The maximum Gasteiger partial charge on any atom is 0.130 e. The van der Waals surface area contributed by atoms with Crippen molar-refractivity contribution in [3.63, 3.8) is 0 Å². The van der Waals surface area contributed by atoms with Crippen LogP contribution in [0, 0.1) is 23.1 Å².